The standard InChI is InChI=1S/C17H21F5O2/c18-15(19)12(6-24-16(15,23)17(20,21)22)10-4-9-5-11(10)14-8-2-1-7(3-8)13(9)14/h7-14,23H,1-6H2. The largest absolute Gasteiger partial charge is 0.449 e. The summed E-state index contributed by atoms with van der Waals surface area (Å²) in [6.07, 6.45) is -0.477. The summed E-state index contributed by atoms with van der Waals surface area (Å²) >= 11 is 0. The van der Waals surface area contributed by atoms with E-state index in [4.69, 9.17) is 0 Å². The van der Waals surface area contributed by atoms with Gasteiger partial charge in [-0.25, -0.2) is 0 Å². The molecule has 4 bridgehead atoms. The van der Waals surface area contributed by atoms with Gasteiger partial charge >= 0.3 is 17.9 Å². The number of alkyl halides is 5. The van der Waals surface area contributed by atoms with E-state index in [9.17, 15) is 27.1 Å². The molecule has 1 saturated heterocycles. The molecule has 1 aliphatic heterocycles. The van der Waals surface area contributed by atoms with Crippen molar-refractivity contribution in [2.24, 2.45) is 47.3 Å². The van der Waals surface area contributed by atoms with Crippen LogP contribution in [0.25, 0.3) is 0 Å². The van der Waals surface area contributed by atoms with Crippen LogP contribution in [-0.2, 0) is 4.74 Å². The summed E-state index contributed by atoms with van der Waals surface area (Å²) in [5.41, 5.74) is 0. The molecule has 4 aliphatic carbocycles. The Balaban J connectivity index is 1.43. The van der Waals surface area contributed by atoms with Gasteiger partial charge in [-0.15, -0.1) is 0 Å². The number of hydrogen-bond donors (Lipinski definition) is 1. The maximum absolute atomic E-state index is 14.6. The van der Waals surface area contributed by atoms with E-state index in [0.29, 0.717) is 36.0 Å². The normalized spacial score (nSPS) is 57.8. The average molecular weight is 352 g/mol. The van der Waals surface area contributed by atoms with Gasteiger partial charge in [0.2, 0.25) is 0 Å². The summed E-state index contributed by atoms with van der Waals surface area (Å²) in [5, 5.41) is 9.55. The van der Waals surface area contributed by atoms with Crippen LogP contribution in [0.2, 0.25) is 0 Å². The first-order valence-electron chi connectivity index (χ1n) is 8.96. The number of hydrogen-bond acceptors (Lipinski definition) is 2. The summed E-state index contributed by atoms with van der Waals surface area (Å²) in [4.78, 5) is 0. The summed E-state index contributed by atoms with van der Waals surface area (Å²) < 4.78 is 72.4. The fourth-order valence-corrected chi connectivity index (χ4v) is 7.40. The van der Waals surface area contributed by atoms with Crippen LogP contribution >= 0.6 is 0 Å². The van der Waals surface area contributed by atoms with Crippen LogP contribution in [0.5, 0.6) is 0 Å². The van der Waals surface area contributed by atoms with E-state index in [-0.39, 0.29) is 5.92 Å². The van der Waals surface area contributed by atoms with E-state index < -0.39 is 36.3 Å². The van der Waals surface area contributed by atoms with E-state index in [1.807, 2.05) is 0 Å². The first-order chi connectivity index (χ1) is 11.1. The van der Waals surface area contributed by atoms with Crippen LogP contribution in [0, 0.1) is 47.3 Å². The molecule has 0 aromatic rings. The SMILES string of the molecule is OC1(C(F)(F)F)OCC(C2CC3CC2C2C4CCC(C4)C32)C1(F)F. The Hall–Kier alpha value is -0.430. The van der Waals surface area contributed by atoms with Gasteiger partial charge in [-0.2, -0.15) is 22.0 Å². The van der Waals surface area contributed by atoms with Crippen LogP contribution in [-0.4, -0.2) is 29.6 Å². The number of halogens is 5. The highest BCUT2D eigenvalue weighted by atomic mass is 19.4. The molecule has 136 valence electrons. The Morgan fingerprint density at radius 2 is 1.50 bits per heavy atom. The van der Waals surface area contributed by atoms with E-state index in [2.05, 4.69) is 4.74 Å². The van der Waals surface area contributed by atoms with Crippen LogP contribution in [0.15, 0.2) is 0 Å². The van der Waals surface area contributed by atoms with Crippen molar-refractivity contribution in [3.8, 4) is 0 Å². The zero-order valence-electron chi connectivity index (χ0n) is 13.1. The lowest BCUT2D eigenvalue weighted by molar-refractivity contribution is -0.405. The Morgan fingerprint density at radius 3 is 2.12 bits per heavy atom. The first-order valence-corrected chi connectivity index (χ1v) is 8.96. The fourth-order valence-electron chi connectivity index (χ4n) is 7.40. The summed E-state index contributed by atoms with van der Waals surface area (Å²) in [7, 11) is 0. The second-order valence-electron chi connectivity index (χ2n) is 8.73. The van der Waals surface area contributed by atoms with Gasteiger partial charge in [-0.1, -0.05) is 0 Å². The monoisotopic (exact) mass is 352 g/mol. The lowest BCUT2D eigenvalue weighted by Gasteiger charge is -2.42. The second kappa shape index (κ2) is 4.45. The molecule has 7 heteroatoms. The van der Waals surface area contributed by atoms with E-state index in [1.165, 1.54) is 12.8 Å². The van der Waals surface area contributed by atoms with Crippen LogP contribution in [0.1, 0.15) is 32.1 Å². The maximum atomic E-state index is 14.6. The molecule has 1 N–H and O–H groups in total. The molecule has 9 unspecified atom stereocenters. The van der Waals surface area contributed by atoms with E-state index in [0.717, 1.165) is 12.8 Å². The van der Waals surface area contributed by atoms with Crippen molar-refractivity contribution in [1.82, 2.24) is 0 Å². The summed E-state index contributed by atoms with van der Waals surface area (Å²) in [6.45, 7) is -0.706. The molecule has 5 fully saturated rings. The molecule has 0 spiro atoms. The minimum Gasteiger partial charge on any atom is -0.354 e. The Bertz CT molecular complexity index is 564. The second-order valence-corrected chi connectivity index (χ2v) is 8.73. The third-order valence-electron chi connectivity index (χ3n) is 8.08. The van der Waals surface area contributed by atoms with Crippen LogP contribution in [0.3, 0.4) is 0 Å². The summed E-state index contributed by atoms with van der Waals surface area (Å²) in [6, 6.07) is 0. The van der Waals surface area contributed by atoms with Gasteiger partial charge < -0.3 is 9.84 Å². The first kappa shape index (κ1) is 15.8. The van der Waals surface area contributed by atoms with Gasteiger partial charge in [-0.05, 0) is 73.5 Å². The van der Waals surface area contributed by atoms with Crippen molar-refractivity contribution in [2.45, 2.75) is 50.0 Å². The zero-order valence-corrected chi connectivity index (χ0v) is 13.1. The van der Waals surface area contributed by atoms with Crippen molar-refractivity contribution in [3.63, 3.8) is 0 Å². The highest BCUT2D eigenvalue weighted by molar-refractivity contribution is 5.14. The van der Waals surface area contributed by atoms with E-state index >= 15 is 0 Å². The Morgan fingerprint density at radius 1 is 0.875 bits per heavy atom. The number of rotatable bonds is 1. The predicted octanol–water partition coefficient (Wildman–Crippen LogP) is 3.84. The fraction of sp³-hybridized carbons (Fsp3) is 1.00. The molecule has 2 nitrogen and oxygen atoms in total. The quantitative estimate of drug-likeness (QED) is 0.574. The maximum Gasteiger partial charge on any atom is 0.449 e. The molecule has 5 aliphatic rings. The molecule has 5 rings (SSSR count). The average Bonchev–Trinajstić information content (AvgIpc) is 3.24. The van der Waals surface area contributed by atoms with E-state index in [1.54, 1.807) is 0 Å². The molecular formula is C17H21F5O2. The zero-order chi connectivity index (χ0) is 17.1. The molecule has 24 heavy (non-hydrogen) atoms. The number of aliphatic hydroxyl groups is 1. The highest BCUT2D eigenvalue weighted by Gasteiger charge is 2.79. The smallest absolute Gasteiger partial charge is 0.354 e. The molecule has 0 aromatic heterocycles. The molecule has 1 heterocycles. The minimum atomic E-state index is -5.49. The van der Waals surface area contributed by atoms with Crippen molar-refractivity contribution in [3.05, 3.63) is 0 Å². The van der Waals surface area contributed by atoms with Gasteiger partial charge in [0.05, 0.1) is 12.5 Å². The van der Waals surface area contributed by atoms with Crippen molar-refractivity contribution >= 4 is 0 Å². The van der Waals surface area contributed by atoms with Crippen LogP contribution in [0.4, 0.5) is 22.0 Å². The molecule has 0 radical (unpaired) electrons. The highest BCUT2D eigenvalue weighted by Crippen LogP contribution is 2.71. The molecule has 4 saturated carbocycles. The minimum absolute atomic E-state index is 0.0883. The number of fused-ring (bicyclic) bond motifs is 9. The molecule has 0 amide bonds. The van der Waals surface area contributed by atoms with Gasteiger partial charge in [0, 0.05) is 0 Å². The Labute approximate surface area is 136 Å². The van der Waals surface area contributed by atoms with Gasteiger partial charge in [0.1, 0.15) is 0 Å². The lowest BCUT2D eigenvalue weighted by Crippen LogP contribution is -2.59. The third kappa shape index (κ3) is 1.64. The lowest BCUT2D eigenvalue weighted by atomic mass is 9.64. The van der Waals surface area contributed by atoms with Gasteiger partial charge in [0.15, 0.2) is 0 Å². The van der Waals surface area contributed by atoms with Crippen molar-refractivity contribution in [1.29, 1.82) is 0 Å². The van der Waals surface area contributed by atoms with Gasteiger partial charge in [-0.3, -0.25) is 0 Å². The summed E-state index contributed by atoms with van der Waals surface area (Å²) in [5.74, 6) is -7.81. The molecule has 9 atom stereocenters. The third-order valence-corrected chi connectivity index (χ3v) is 8.08. The van der Waals surface area contributed by atoms with Crippen molar-refractivity contribution in [2.75, 3.05) is 6.61 Å². The van der Waals surface area contributed by atoms with Crippen molar-refractivity contribution < 1.29 is 31.8 Å². The van der Waals surface area contributed by atoms with Gasteiger partial charge in [0.25, 0.3) is 0 Å². The number of ether oxygens (including phenoxy) is 1. The molecule has 0 aromatic carbocycles. The topological polar surface area (TPSA) is 29.5 Å². The predicted molar refractivity (Wildman–Crippen MR) is 72.9 cm³/mol. The molecular weight excluding hydrogens is 331 g/mol. The van der Waals surface area contributed by atoms with Crippen LogP contribution < -0.4 is 0 Å². The Kier molecular flexibility index (Phi) is 2.93.